The number of benzene rings is 2. The smallest absolute Gasteiger partial charge is 0.325 e. The number of likely N-dealkylation sites (N-methyl/N-ethyl adjacent to an activating group) is 1. The average Bonchev–Trinajstić information content (AvgIpc) is 2.77. The van der Waals surface area contributed by atoms with Crippen LogP contribution in [0.1, 0.15) is 19.4 Å². The Kier molecular flexibility index (Phi) is 8.80. The van der Waals surface area contributed by atoms with E-state index in [-0.39, 0.29) is 11.5 Å². The van der Waals surface area contributed by atoms with Gasteiger partial charge in [0.15, 0.2) is 0 Å². The van der Waals surface area contributed by atoms with Crippen LogP contribution in [0.25, 0.3) is 0 Å². The van der Waals surface area contributed by atoms with Crippen molar-refractivity contribution in [3.63, 3.8) is 0 Å². The van der Waals surface area contributed by atoms with Gasteiger partial charge in [0, 0.05) is 14.1 Å². The molecule has 0 N–H and O–H groups in total. The van der Waals surface area contributed by atoms with Crippen LogP contribution in [0.4, 0.5) is 0 Å². The van der Waals surface area contributed by atoms with Crippen LogP contribution in [0.3, 0.4) is 0 Å². The molecule has 0 radical (unpaired) electrons. The molecule has 2 aromatic carbocycles. The highest BCUT2D eigenvalue weighted by atomic mass is 32.2. The van der Waals surface area contributed by atoms with Gasteiger partial charge in [0.05, 0.1) is 18.6 Å². The quantitative estimate of drug-likeness (QED) is 0.504. The lowest BCUT2D eigenvalue weighted by molar-refractivity contribution is -0.151. The second-order valence-corrected chi connectivity index (χ2v) is 9.69. The van der Waals surface area contributed by atoms with Gasteiger partial charge in [-0.1, -0.05) is 44.2 Å². The molecule has 0 heterocycles. The first-order valence-corrected chi connectivity index (χ1v) is 11.6. The summed E-state index contributed by atoms with van der Waals surface area (Å²) in [6.07, 6.45) is 0. The molecule has 1 unspecified atom stereocenters. The van der Waals surface area contributed by atoms with Crippen LogP contribution in [-0.4, -0.2) is 63.3 Å². The van der Waals surface area contributed by atoms with Crippen molar-refractivity contribution >= 4 is 21.9 Å². The van der Waals surface area contributed by atoms with Crippen LogP contribution in [0.2, 0.25) is 0 Å². The first-order valence-electron chi connectivity index (χ1n) is 10.1. The van der Waals surface area contributed by atoms with Gasteiger partial charge in [-0.3, -0.25) is 9.59 Å². The van der Waals surface area contributed by atoms with Crippen LogP contribution in [0, 0.1) is 5.92 Å². The van der Waals surface area contributed by atoms with E-state index in [1.807, 2.05) is 18.2 Å². The van der Waals surface area contributed by atoms with Crippen molar-refractivity contribution in [2.45, 2.75) is 31.4 Å². The number of rotatable bonds is 10. The molecule has 0 aliphatic rings. The lowest BCUT2D eigenvalue weighted by Crippen LogP contribution is -2.52. The van der Waals surface area contributed by atoms with Crippen molar-refractivity contribution in [3.05, 3.63) is 60.2 Å². The second-order valence-electron chi connectivity index (χ2n) is 7.80. The fraction of sp³-hybridized carbons (Fsp3) is 0.391. The number of methoxy groups -OCH3 is 1. The molecule has 1 amide bonds. The lowest BCUT2D eigenvalue weighted by atomic mass is 10.0. The van der Waals surface area contributed by atoms with Gasteiger partial charge in [-0.05, 0) is 35.7 Å². The molecule has 0 aliphatic carbocycles. The third-order valence-corrected chi connectivity index (χ3v) is 6.70. The largest absolute Gasteiger partial charge is 0.497 e. The molecule has 32 heavy (non-hydrogen) atoms. The molecule has 0 fully saturated rings. The Labute approximate surface area is 189 Å². The number of carbonyl (C=O) groups excluding carboxylic acids is 2. The predicted molar refractivity (Wildman–Crippen MR) is 120 cm³/mol. The van der Waals surface area contributed by atoms with Crippen LogP contribution in [-0.2, 0) is 31.0 Å². The number of nitrogens with zero attached hydrogens (tertiary/aromatic N) is 2. The maximum atomic E-state index is 13.5. The van der Waals surface area contributed by atoms with Gasteiger partial charge in [0.2, 0.25) is 15.9 Å². The Morgan fingerprint density at radius 1 is 0.969 bits per heavy atom. The molecule has 174 valence electrons. The number of esters is 1. The van der Waals surface area contributed by atoms with Gasteiger partial charge >= 0.3 is 5.97 Å². The third-order valence-electron chi connectivity index (χ3n) is 4.86. The SMILES string of the molecule is COc1ccc(S(=O)(=O)N(CC(=O)N(C)C)C(C(=O)OCc2ccccc2)C(C)C)cc1. The summed E-state index contributed by atoms with van der Waals surface area (Å²) in [5, 5.41) is 0. The van der Waals surface area contributed by atoms with E-state index in [4.69, 9.17) is 9.47 Å². The predicted octanol–water partition coefficient (Wildman–Crippen LogP) is 2.54. The van der Waals surface area contributed by atoms with Gasteiger partial charge in [-0.15, -0.1) is 0 Å². The topological polar surface area (TPSA) is 93.2 Å². The van der Waals surface area contributed by atoms with Crippen molar-refractivity contribution in [2.75, 3.05) is 27.7 Å². The number of carbonyl (C=O) groups is 2. The summed E-state index contributed by atoms with van der Waals surface area (Å²) in [6, 6.07) is 13.7. The van der Waals surface area contributed by atoms with Crippen LogP contribution >= 0.6 is 0 Å². The fourth-order valence-electron chi connectivity index (χ4n) is 3.03. The summed E-state index contributed by atoms with van der Waals surface area (Å²) in [4.78, 5) is 26.8. The molecule has 8 nitrogen and oxygen atoms in total. The van der Waals surface area contributed by atoms with E-state index in [1.54, 1.807) is 26.0 Å². The average molecular weight is 463 g/mol. The van der Waals surface area contributed by atoms with Gasteiger partial charge in [-0.25, -0.2) is 8.42 Å². The Bertz CT molecular complexity index is 1000. The highest BCUT2D eigenvalue weighted by Gasteiger charge is 2.40. The summed E-state index contributed by atoms with van der Waals surface area (Å²) in [5.41, 5.74) is 0.775. The molecule has 0 bridgehead atoms. The molecule has 0 aromatic heterocycles. The molecule has 9 heteroatoms. The highest BCUT2D eigenvalue weighted by Crippen LogP contribution is 2.25. The Hall–Kier alpha value is -2.91. The Morgan fingerprint density at radius 3 is 2.06 bits per heavy atom. The molecule has 0 spiro atoms. The van der Waals surface area contributed by atoms with E-state index in [1.165, 1.54) is 50.4 Å². The summed E-state index contributed by atoms with van der Waals surface area (Å²) in [7, 11) is 0.331. The molecule has 0 saturated heterocycles. The monoisotopic (exact) mass is 462 g/mol. The molecule has 0 saturated carbocycles. The van der Waals surface area contributed by atoms with Crippen molar-refractivity contribution in [1.82, 2.24) is 9.21 Å². The zero-order valence-electron chi connectivity index (χ0n) is 19.0. The minimum Gasteiger partial charge on any atom is -0.497 e. The van der Waals surface area contributed by atoms with Gasteiger partial charge in [0.1, 0.15) is 18.4 Å². The van der Waals surface area contributed by atoms with Gasteiger partial charge in [0.25, 0.3) is 0 Å². The summed E-state index contributed by atoms with van der Waals surface area (Å²) >= 11 is 0. The maximum absolute atomic E-state index is 13.5. The number of sulfonamides is 1. The number of hydrogen-bond donors (Lipinski definition) is 0. The minimum absolute atomic E-state index is 0.000936. The van der Waals surface area contributed by atoms with Gasteiger partial charge < -0.3 is 14.4 Å². The van der Waals surface area contributed by atoms with E-state index < -0.39 is 40.4 Å². The summed E-state index contributed by atoms with van der Waals surface area (Å²) < 4.78 is 38.5. The molecular weight excluding hydrogens is 432 g/mol. The lowest BCUT2D eigenvalue weighted by Gasteiger charge is -2.32. The van der Waals surface area contributed by atoms with E-state index in [2.05, 4.69) is 0 Å². The zero-order valence-corrected chi connectivity index (χ0v) is 19.8. The van der Waals surface area contributed by atoms with Gasteiger partial charge in [-0.2, -0.15) is 4.31 Å². The summed E-state index contributed by atoms with van der Waals surface area (Å²) in [5.74, 6) is -1.13. The normalized spacial score (nSPS) is 12.5. The van der Waals surface area contributed by atoms with Crippen LogP contribution in [0.15, 0.2) is 59.5 Å². The van der Waals surface area contributed by atoms with Crippen molar-refractivity contribution in [3.8, 4) is 5.75 Å². The number of ether oxygens (including phenoxy) is 2. The van der Waals surface area contributed by atoms with Crippen molar-refractivity contribution in [1.29, 1.82) is 0 Å². The van der Waals surface area contributed by atoms with Crippen molar-refractivity contribution in [2.24, 2.45) is 5.92 Å². The maximum Gasteiger partial charge on any atom is 0.325 e. The first-order chi connectivity index (χ1) is 15.1. The van der Waals surface area contributed by atoms with Crippen LogP contribution < -0.4 is 4.74 Å². The Balaban J connectivity index is 2.41. The second kappa shape index (κ2) is 11.1. The number of hydrogen-bond acceptors (Lipinski definition) is 6. The van der Waals surface area contributed by atoms with E-state index in [9.17, 15) is 18.0 Å². The molecular formula is C23H30N2O6S. The van der Waals surface area contributed by atoms with E-state index in [0.717, 1.165) is 9.87 Å². The summed E-state index contributed by atoms with van der Waals surface area (Å²) in [6.45, 7) is 2.93. The highest BCUT2D eigenvalue weighted by molar-refractivity contribution is 7.89. The molecule has 2 aromatic rings. The fourth-order valence-corrected chi connectivity index (χ4v) is 4.69. The van der Waals surface area contributed by atoms with E-state index in [0.29, 0.717) is 5.75 Å². The van der Waals surface area contributed by atoms with Crippen molar-refractivity contribution < 1.29 is 27.5 Å². The first kappa shape index (κ1) is 25.4. The number of amides is 1. The molecule has 2 rings (SSSR count). The zero-order chi connectivity index (χ0) is 23.9. The van der Waals surface area contributed by atoms with Crippen LogP contribution in [0.5, 0.6) is 5.75 Å². The van der Waals surface area contributed by atoms with E-state index >= 15 is 0 Å². The minimum atomic E-state index is -4.20. The molecule has 1 atom stereocenters. The standard InChI is InChI=1S/C23H30N2O6S/c1-17(2)22(23(27)31-16-18-9-7-6-8-10-18)25(15-21(26)24(3)4)32(28,29)20-13-11-19(30-5)12-14-20/h6-14,17,22H,15-16H2,1-5H3. The molecule has 0 aliphatic heterocycles. The third kappa shape index (κ3) is 6.30. The Morgan fingerprint density at radius 2 is 1.56 bits per heavy atom.